The Labute approximate surface area is 191 Å². The van der Waals surface area contributed by atoms with Gasteiger partial charge in [0.15, 0.2) is 8.32 Å². The molecule has 1 aromatic rings. The second-order valence-electron chi connectivity index (χ2n) is 12.0. The Morgan fingerprint density at radius 2 is 1.55 bits per heavy atom. The minimum Gasteiger partial charge on any atom is -0.414 e. The molecule has 0 aromatic heterocycles. The van der Waals surface area contributed by atoms with E-state index < -0.39 is 8.32 Å². The fraction of sp³-hybridized carbons (Fsp3) is 0.741. The summed E-state index contributed by atoms with van der Waals surface area (Å²) in [6, 6.07) is 8.98. The summed E-state index contributed by atoms with van der Waals surface area (Å²) in [6.45, 7) is 12.6. The summed E-state index contributed by atoms with van der Waals surface area (Å²) in [4.78, 5) is 15.3. The van der Waals surface area contributed by atoms with E-state index in [0.717, 1.165) is 31.5 Å². The van der Waals surface area contributed by atoms with Gasteiger partial charge < -0.3 is 9.33 Å². The third-order valence-corrected chi connectivity index (χ3v) is 13.5. The molecule has 1 spiro atoms. The lowest BCUT2D eigenvalue weighted by atomic mass is 9.73. The number of carbonyl (C=O) groups is 1. The zero-order chi connectivity index (χ0) is 22.3. The van der Waals surface area contributed by atoms with Crippen molar-refractivity contribution in [3.8, 4) is 0 Å². The van der Waals surface area contributed by atoms with Crippen molar-refractivity contribution < 1.29 is 9.22 Å². The van der Waals surface area contributed by atoms with E-state index in [1.165, 1.54) is 50.5 Å². The number of amides is 1. The zero-order valence-corrected chi connectivity index (χ0v) is 21.5. The maximum atomic E-state index is 13.2. The predicted octanol–water partition coefficient (Wildman–Crippen LogP) is 7.42. The minimum atomic E-state index is -1.68. The number of nitrogens with zero attached hydrogens (tertiary/aromatic N) is 1. The molecule has 0 atom stereocenters. The van der Waals surface area contributed by atoms with Crippen molar-refractivity contribution in [2.24, 2.45) is 5.41 Å². The summed E-state index contributed by atoms with van der Waals surface area (Å²) in [5.74, 6) is 1.02. The first kappa shape index (κ1) is 23.0. The van der Waals surface area contributed by atoms with Crippen LogP contribution in [-0.4, -0.2) is 26.9 Å². The van der Waals surface area contributed by atoms with E-state index in [4.69, 9.17) is 4.43 Å². The van der Waals surface area contributed by atoms with Crippen LogP contribution in [0.25, 0.3) is 0 Å². The van der Waals surface area contributed by atoms with Gasteiger partial charge in [0.05, 0.1) is 5.41 Å². The molecule has 3 aliphatic rings. The third-order valence-electron chi connectivity index (χ3n) is 8.94. The lowest BCUT2D eigenvalue weighted by Crippen LogP contribution is -2.44. The smallest absolute Gasteiger partial charge is 0.233 e. The molecule has 0 radical (unpaired) electrons. The highest BCUT2D eigenvalue weighted by atomic mass is 28.4. The number of hydrogen-bond donors (Lipinski definition) is 0. The molecule has 0 bridgehead atoms. The van der Waals surface area contributed by atoms with E-state index in [0.29, 0.717) is 17.9 Å². The van der Waals surface area contributed by atoms with Gasteiger partial charge in [-0.3, -0.25) is 4.79 Å². The topological polar surface area (TPSA) is 29.5 Å². The average molecular weight is 442 g/mol. The molecule has 2 aliphatic carbocycles. The first-order valence-electron chi connectivity index (χ1n) is 12.7. The lowest BCUT2D eigenvalue weighted by Gasteiger charge is -2.41. The number of hydrogen-bond acceptors (Lipinski definition) is 2. The van der Waals surface area contributed by atoms with E-state index >= 15 is 0 Å². The highest BCUT2D eigenvalue weighted by molar-refractivity contribution is 6.74. The number of carbonyl (C=O) groups excluding carboxylic acids is 1. The standard InChI is InChI=1S/C27H43NO2Si/c1-26(2,3)31(4,5)30-24-15-11-22(12-16-24)21-9-13-23(14-10-21)28-20-19-27(25(28)29)17-7-6-8-18-27/h9-10,13-14,22,24H,6-8,11-12,15-20H2,1-5H3/t22-,24+. The molecule has 4 rings (SSSR count). The van der Waals surface area contributed by atoms with Gasteiger partial charge in [0.25, 0.3) is 0 Å². The molecule has 172 valence electrons. The maximum Gasteiger partial charge on any atom is 0.233 e. The van der Waals surface area contributed by atoms with Gasteiger partial charge in [-0.15, -0.1) is 0 Å². The molecule has 0 N–H and O–H groups in total. The van der Waals surface area contributed by atoms with Gasteiger partial charge >= 0.3 is 0 Å². The Bertz CT molecular complexity index is 765. The molecule has 1 aromatic carbocycles. The van der Waals surface area contributed by atoms with E-state index in [2.05, 4.69) is 63.0 Å². The van der Waals surface area contributed by atoms with Crippen molar-refractivity contribution in [3.05, 3.63) is 29.8 Å². The van der Waals surface area contributed by atoms with Gasteiger partial charge in [-0.2, -0.15) is 0 Å². The van der Waals surface area contributed by atoms with Crippen LogP contribution in [0.5, 0.6) is 0 Å². The van der Waals surface area contributed by atoms with Crippen LogP contribution in [0.15, 0.2) is 24.3 Å². The Morgan fingerprint density at radius 3 is 2.13 bits per heavy atom. The summed E-state index contributed by atoms with van der Waals surface area (Å²) in [5.41, 5.74) is 2.50. The molecular formula is C27H43NO2Si. The molecule has 1 aliphatic heterocycles. The van der Waals surface area contributed by atoms with Crippen molar-refractivity contribution in [1.82, 2.24) is 0 Å². The number of rotatable bonds is 4. The fourth-order valence-corrected chi connectivity index (χ4v) is 7.22. The lowest BCUT2D eigenvalue weighted by molar-refractivity contribution is -0.127. The normalized spacial score (nSPS) is 27.1. The maximum absolute atomic E-state index is 13.2. The molecule has 1 amide bonds. The van der Waals surface area contributed by atoms with E-state index in [1.54, 1.807) is 0 Å². The highest BCUT2D eigenvalue weighted by Gasteiger charge is 2.47. The van der Waals surface area contributed by atoms with Crippen LogP contribution >= 0.6 is 0 Å². The summed E-state index contributed by atoms with van der Waals surface area (Å²) in [6.07, 6.45) is 12.2. The molecule has 0 unspecified atom stereocenters. The summed E-state index contributed by atoms with van der Waals surface area (Å²) in [5, 5.41) is 0.281. The van der Waals surface area contributed by atoms with E-state index in [9.17, 15) is 4.79 Å². The van der Waals surface area contributed by atoms with E-state index in [1.807, 2.05) is 0 Å². The van der Waals surface area contributed by atoms with Gasteiger partial charge in [0.2, 0.25) is 5.91 Å². The molecule has 1 saturated heterocycles. The summed E-state index contributed by atoms with van der Waals surface area (Å²) in [7, 11) is -1.68. The monoisotopic (exact) mass is 441 g/mol. The largest absolute Gasteiger partial charge is 0.414 e. The highest BCUT2D eigenvalue weighted by Crippen LogP contribution is 2.46. The first-order valence-corrected chi connectivity index (χ1v) is 15.6. The molecule has 31 heavy (non-hydrogen) atoms. The molecular weight excluding hydrogens is 398 g/mol. The summed E-state index contributed by atoms with van der Waals surface area (Å²) >= 11 is 0. The average Bonchev–Trinajstić information content (AvgIpc) is 3.04. The van der Waals surface area contributed by atoms with Crippen LogP contribution in [-0.2, 0) is 9.22 Å². The van der Waals surface area contributed by atoms with Crippen LogP contribution in [0, 0.1) is 5.41 Å². The third kappa shape index (κ3) is 4.66. The molecule has 2 saturated carbocycles. The second kappa shape index (κ2) is 8.66. The van der Waals surface area contributed by atoms with Crippen LogP contribution < -0.4 is 4.90 Å². The van der Waals surface area contributed by atoms with E-state index in [-0.39, 0.29) is 10.5 Å². The van der Waals surface area contributed by atoms with Crippen LogP contribution in [0.3, 0.4) is 0 Å². The quantitative estimate of drug-likeness (QED) is 0.455. The molecule has 3 fully saturated rings. The van der Waals surface area contributed by atoms with Crippen molar-refractivity contribution in [2.45, 2.75) is 115 Å². The van der Waals surface area contributed by atoms with Crippen LogP contribution in [0.1, 0.15) is 96.5 Å². The van der Waals surface area contributed by atoms with Gasteiger partial charge in [-0.25, -0.2) is 0 Å². The SMILES string of the molecule is CC(C)(C)[Si](C)(C)O[C@H]1CC[C@@H](c2ccc(N3CCC4(CCCCC4)C3=O)cc2)CC1. The van der Waals surface area contributed by atoms with Crippen molar-refractivity contribution in [3.63, 3.8) is 0 Å². The number of anilines is 1. The zero-order valence-electron chi connectivity index (χ0n) is 20.5. The van der Waals surface area contributed by atoms with Crippen molar-refractivity contribution in [2.75, 3.05) is 11.4 Å². The van der Waals surface area contributed by atoms with Gasteiger partial charge in [-0.1, -0.05) is 52.2 Å². The van der Waals surface area contributed by atoms with Crippen molar-refractivity contribution >= 4 is 19.9 Å². The predicted molar refractivity (Wildman–Crippen MR) is 132 cm³/mol. The summed E-state index contributed by atoms with van der Waals surface area (Å²) < 4.78 is 6.68. The van der Waals surface area contributed by atoms with Crippen LogP contribution in [0.2, 0.25) is 18.1 Å². The molecule has 3 nitrogen and oxygen atoms in total. The Hall–Kier alpha value is -1.13. The molecule has 1 heterocycles. The first-order chi connectivity index (χ1) is 14.6. The second-order valence-corrected chi connectivity index (χ2v) is 16.7. The minimum absolute atomic E-state index is 0.0422. The van der Waals surface area contributed by atoms with Gasteiger partial charge in [0, 0.05) is 18.3 Å². The Kier molecular flexibility index (Phi) is 6.44. The van der Waals surface area contributed by atoms with Gasteiger partial charge in [0.1, 0.15) is 0 Å². The van der Waals surface area contributed by atoms with Crippen molar-refractivity contribution in [1.29, 1.82) is 0 Å². The van der Waals surface area contributed by atoms with Gasteiger partial charge in [-0.05, 0) is 86.7 Å². The Balaban J connectivity index is 1.34. The Morgan fingerprint density at radius 1 is 0.935 bits per heavy atom. The fourth-order valence-electron chi connectivity index (χ4n) is 5.79. The van der Waals surface area contributed by atoms with Crippen LogP contribution in [0.4, 0.5) is 5.69 Å². The molecule has 4 heteroatoms. The number of benzene rings is 1.